The number of nitrogens with one attached hydrogen (secondary N) is 1. The van der Waals surface area contributed by atoms with Gasteiger partial charge in [0, 0.05) is 18.4 Å². The van der Waals surface area contributed by atoms with Crippen molar-refractivity contribution in [3.63, 3.8) is 0 Å². The van der Waals surface area contributed by atoms with E-state index in [2.05, 4.69) is 22.4 Å². The molecule has 1 aromatic heterocycles. The Morgan fingerprint density at radius 2 is 1.71 bits per heavy atom. The molecule has 4 bridgehead atoms. The zero-order valence-corrected chi connectivity index (χ0v) is 13.9. The first-order chi connectivity index (χ1) is 10.3. The number of aromatic nitrogens is 2. The minimum Gasteiger partial charge on any atom is -0.316 e. The van der Waals surface area contributed by atoms with Crippen LogP contribution in [0.4, 0.5) is 0 Å². The van der Waals surface area contributed by atoms with E-state index in [1.807, 2.05) is 11.3 Å². The van der Waals surface area contributed by atoms with Gasteiger partial charge in [-0.1, -0.05) is 6.92 Å². The van der Waals surface area contributed by atoms with E-state index in [1.165, 1.54) is 55.0 Å². The Morgan fingerprint density at radius 1 is 1.05 bits per heavy atom. The summed E-state index contributed by atoms with van der Waals surface area (Å²) in [7, 11) is 0. The van der Waals surface area contributed by atoms with Gasteiger partial charge in [-0.05, 0) is 69.2 Å². The predicted octanol–water partition coefficient (Wildman–Crippen LogP) is 3.55. The summed E-state index contributed by atoms with van der Waals surface area (Å²) >= 11 is 1.92. The van der Waals surface area contributed by atoms with Crippen LogP contribution in [0.5, 0.6) is 0 Å². The van der Waals surface area contributed by atoms with Gasteiger partial charge >= 0.3 is 0 Å². The summed E-state index contributed by atoms with van der Waals surface area (Å²) in [6.07, 6.45) is 11.0. The van der Waals surface area contributed by atoms with E-state index >= 15 is 0 Å². The topological polar surface area (TPSA) is 37.8 Å². The molecule has 3 nitrogen and oxygen atoms in total. The number of nitrogens with zero attached hydrogens (tertiary/aromatic N) is 2. The van der Waals surface area contributed by atoms with Gasteiger partial charge in [-0.3, -0.25) is 0 Å². The molecule has 0 spiro atoms. The van der Waals surface area contributed by atoms with E-state index < -0.39 is 0 Å². The molecule has 0 unspecified atom stereocenters. The fraction of sp³-hybridized carbons (Fsp3) is 0.882. The largest absolute Gasteiger partial charge is 0.316 e. The van der Waals surface area contributed by atoms with E-state index in [0.29, 0.717) is 5.41 Å². The molecule has 5 rings (SSSR count). The number of hydrogen-bond acceptors (Lipinski definition) is 4. The first-order valence-electron chi connectivity index (χ1n) is 8.81. The van der Waals surface area contributed by atoms with Crippen LogP contribution in [0.25, 0.3) is 0 Å². The van der Waals surface area contributed by atoms with Gasteiger partial charge in [-0.25, -0.2) is 0 Å². The Bertz CT molecular complexity index is 461. The van der Waals surface area contributed by atoms with Crippen molar-refractivity contribution in [1.29, 1.82) is 0 Å². The Morgan fingerprint density at radius 3 is 2.33 bits per heavy atom. The molecule has 1 N–H and O–H groups in total. The highest BCUT2D eigenvalue weighted by Crippen LogP contribution is 2.60. The second kappa shape index (κ2) is 5.62. The molecule has 4 fully saturated rings. The molecule has 0 amide bonds. The SMILES string of the molecule is CCCNCCc1nnc(C23CC4CC(CC(C4)C2)C3)s1. The van der Waals surface area contributed by atoms with Gasteiger partial charge in [0.05, 0.1) is 0 Å². The molecule has 0 aliphatic heterocycles. The summed E-state index contributed by atoms with van der Waals surface area (Å²) in [5.74, 6) is 2.99. The van der Waals surface area contributed by atoms with Crippen molar-refractivity contribution in [1.82, 2.24) is 15.5 Å². The minimum absolute atomic E-state index is 0.432. The summed E-state index contributed by atoms with van der Waals surface area (Å²) in [4.78, 5) is 0. The summed E-state index contributed by atoms with van der Waals surface area (Å²) < 4.78 is 0. The average molecular weight is 305 g/mol. The smallest absolute Gasteiger partial charge is 0.123 e. The van der Waals surface area contributed by atoms with Crippen molar-refractivity contribution >= 4 is 11.3 Å². The van der Waals surface area contributed by atoms with Crippen LogP contribution in [0.3, 0.4) is 0 Å². The van der Waals surface area contributed by atoms with Crippen LogP contribution in [0.1, 0.15) is 61.9 Å². The molecule has 0 saturated heterocycles. The van der Waals surface area contributed by atoms with E-state index in [1.54, 1.807) is 0 Å². The van der Waals surface area contributed by atoms with Crippen LogP contribution in [0.15, 0.2) is 0 Å². The summed E-state index contributed by atoms with van der Waals surface area (Å²) in [6.45, 7) is 4.37. The van der Waals surface area contributed by atoms with Crippen LogP contribution in [-0.4, -0.2) is 23.3 Å². The number of hydrogen-bond donors (Lipinski definition) is 1. The molecule has 0 atom stereocenters. The van der Waals surface area contributed by atoms with E-state index in [9.17, 15) is 0 Å². The zero-order chi connectivity index (χ0) is 14.3. The lowest BCUT2D eigenvalue weighted by atomic mass is 9.50. The normalized spacial score (nSPS) is 37.3. The maximum absolute atomic E-state index is 4.65. The molecular weight excluding hydrogens is 278 g/mol. The third kappa shape index (κ3) is 2.65. The highest BCUT2D eigenvalue weighted by Gasteiger charge is 2.53. The fourth-order valence-electron chi connectivity index (χ4n) is 5.44. The van der Waals surface area contributed by atoms with Crippen molar-refractivity contribution in [2.75, 3.05) is 13.1 Å². The van der Waals surface area contributed by atoms with Gasteiger partial charge in [-0.15, -0.1) is 21.5 Å². The maximum atomic E-state index is 4.65. The van der Waals surface area contributed by atoms with Crippen molar-refractivity contribution in [2.45, 2.75) is 63.7 Å². The monoisotopic (exact) mass is 305 g/mol. The molecule has 116 valence electrons. The van der Waals surface area contributed by atoms with Gasteiger partial charge in [-0.2, -0.15) is 0 Å². The van der Waals surface area contributed by atoms with Gasteiger partial charge in [0.15, 0.2) is 0 Å². The van der Waals surface area contributed by atoms with Crippen molar-refractivity contribution < 1.29 is 0 Å². The van der Waals surface area contributed by atoms with Crippen molar-refractivity contribution in [3.8, 4) is 0 Å². The zero-order valence-electron chi connectivity index (χ0n) is 13.1. The lowest BCUT2D eigenvalue weighted by Crippen LogP contribution is -2.48. The summed E-state index contributed by atoms with van der Waals surface area (Å²) in [6, 6.07) is 0. The molecule has 4 aliphatic rings. The molecule has 21 heavy (non-hydrogen) atoms. The van der Waals surface area contributed by atoms with Crippen molar-refractivity contribution in [3.05, 3.63) is 10.0 Å². The third-order valence-electron chi connectivity index (χ3n) is 5.90. The molecular formula is C17H27N3S. The molecule has 0 aromatic carbocycles. The quantitative estimate of drug-likeness (QED) is 0.817. The highest BCUT2D eigenvalue weighted by atomic mass is 32.1. The van der Waals surface area contributed by atoms with E-state index in [0.717, 1.165) is 37.3 Å². The number of rotatable bonds is 6. The second-order valence-corrected chi connectivity index (χ2v) is 8.76. The highest BCUT2D eigenvalue weighted by molar-refractivity contribution is 7.11. The van der Waals surface area contributed by atoms with E-state index in [4.69, 9.17) is 0 Å². The van der Waals surface area contributed by atoms with E-state index in [-0.39, 0.29) is 0 Å². The molecule has 4 aliphatic carbocycles. The van der Waals surface area contributed by atoms with Crippen LogP contribution < -0.4 is 5.32 Å². The van der Waals surface area contributed by atoms with Crippen molar-refractivity contribution in [2.24, 2.45) is 17.8 Å². The maximum Gasteiger partial charge on any atom is 0.123 e. The molecule has 0 radical (unpaired) electrons. The van der Waals surface area contributed by atoms with Gasteiger partial charge in [0.2, 0.25) is 0 Å². The molecule has 4 saturated carbocycles. The van der Waals surface area contributed by atoms with Gasteiger partial charge < -0.3 is 5.32 Å². The van der Waals surface area contributed by atoms with Gasteiger partial charge in [0.25, 0.3) is 0 Å². The third-order valence-corrected chi connectivity index (χ3v) is 7.13. The van der Waals surface area contributed by atoms with Crippen LogP contribution >= 0.6 is 11.3 Å². The first kappa shape index (κ1) is 14.1. The first-order valence-corrected chi connectivity index (χ1v) is 9.62. The Balaban J connectivity index is 1.45. The van der Waals surface area contributed by atoms with Crippen LogP contribution in [0.2, 0.25) is 0 Å². The predicted molar refractivity (Wildman–Crippen MR) is 86.6 cm³/mol. The molecule has 1 aromatic rings. The van der Waals surface area contributed by atoms with Crippen LogP contribution in [0, 0.1) is 17.8 Å². The Labute approximate surface area is 131 Å². The minimum atomic E-state index is 0.432. The van der Waals surface area contributed by atoms with Crippen LogP contribution in [-0.2, 0) is 11.8 Å². The average Bonchev–Trinajstić information content (AvgIpc) is 2.92. The molecule has 1 heterocycles. The standard InChI is InChI=1S/C17H27N3S/c1-2-4-18-5-3-15-19-20-16(21-15)17-9-12-6-13(10-17)8-14(7-12)11-17/h12-14,18H,2-11H2,1H3. The Hall–Kier alpha value is -0.480. The lowest BCUT2D eigenvalue weighted by molar-refractivity contribution is -0.00555. The lowest BCUT2D eigenvalue weighted by Gasteiger charge is -2.55. The fourth-order valence-corrected chi connectivity index (χ4v) is 6.50. The summed E-state index contributed by atoms with van der Waals surface area (Å²) in [5, 5.41) is 15.2. The summed E-state index contributed by atoms with van der Waals surface area (Å²) in [5.41, 5.74) is 0.432. The Kier molecular flexibility index (Phi) is 3.78. The second-order valence-electron chi connectivity index (χ2n) is 7.70. The molecule has 4 heteroatoms. The van der Waals surface area contributed by atoms with Gasteiger partial charge in [0.1, 0.15) is 10.0 Å².